The van der Waals surface area contributed by atoms with E-state index in [2.05, 4.69) is 9.69 Å². The Morgan fingerprint density at radius 3 is 2.63 bits per heavy atom. The lowest BCUT2D eigenvalue weighted by atomic mass is 10.1. The minimum atomic E-state index is -0.625. The molecular weight excluding hydrogens is 267 g/mol. The summed E-state index contributed by atoms with van der Waals surface area (Å²) >= 11 is 1.07. The van der Waals surface area contributed by atoms with Gasteiger partial charge in [-0.2, -0.15) is 4.37 Å². The van der Waals surface area contributed by atoms with Crippen LogP contribution >= 0.6 is 11.5 Å². The van der Waals surface area contributed by atoms with Gasteiger partial charge < -0.3 is 16.8 Å². The van der Waals surface area contributed by atoms with Crippen molar-refractivity contribution in [2.45, 2.75) is 13.0 Å². The molecule has 0 aliphatic heterocycles. The highest BCUT2D eigenvalue weighted by Crippen LogP contribution is 2.29. The lowest BCUT2D eigenvalue weighted by molar-refractivity contribution is 0.100. The molecule has 0 aliphatic carbocycles. The molecule has 1 aromatic heterocycles. The van der Waals surface area contributed by atoms with Crippen LogP contribution in [-0.2, 0) is 0 Å². The molecule has 1 unspecified atom stereocenters. The van der Waals surface area contributed by atoms with Crippen molar-refractivity contribution in [2.24, 2.45) is 5.73 Å². The number of nitrogen functional groups attached to an aromatic ring is 1. The summed E-state index contributed by atoms with van der Waals surface area (Å²) in [6.45, 7) is 1.88. The Labute approximate surface area is 113 Å². The number of anilines is 2. The van der Waals surface area contributed by atoms with E-state index in [0.29, 0.717) is 5.00 Å². The molecule has 0 aliphatic rings. The van der Waals surface area contributed by atoms with Crippen LogP contribution in [0.2, 0.25) is 0 Å². The molecule has 0 radical (unpaired) electrons. The summed E-state index contributed by atoms with van der Waals surface area (Å²) in [6, 6.07) is 5.97. The average Bonchev–Trinajstić information content (AvgIpc) is 2.71. The Bertz CT molecular complexity index is 596. The molecule has 2 rings (SSSR count). The number of carbonyl (C=O) groups is 1. The Kier molecular flexibility index (Phi) is 3.66. The zero-order chi connectivity index (χ0) is 14.0. The molecular formula is C12H13FN4OS. The number of carbonyl (C=O) groups excluding carboxylic acids is 1. The molecule has 0 fully saturated rings. The fourth-order valence-electron chi connectivity index (χ4n) is 1.67. The average molecular weight is 280 g/mol. The van der Waals surface area contributed by atoms with Crippen molar-refractivity contribution in [3.63, 3.8) is 0 Å². The number of hydrogen-bond acceptors (Lipinski definition) is 5. The van der Waals surface area contributed by atoms with Crippen LogP contribution in [-0.4, -0.2) is 10.3 Å². The van der Waals surface area contributed by atoms with Gasteiger partial charge in [0, 0.05) is 6.04 Å². The van der Waals surface area contributed by atoms with Gasteiger partial charge in [0.25, 0.3) is 5.91 Å². The van der Waals surface area contributed by atoms with Gasteiger partial charge in [-0.05, 0) is 36.2 Å². The number of nitrogens with one attached hydrogen (secondary N) is 1. The van der Waals surface area contributed by atoms with Crippen LogP contribution in [0.15, 0.2) is 24.3 Å². The number of nitrogens with two attached hydrogens (primary N) is 2. The first-order valence-electron chi connectivity index (χ1n) is 5.56. The van der Waals surface area contributed by atoms with E-state index < -0.39 is 5.91 Å². The first-order chi connectivity index (χ1) is 8.99. The maximum Gasteiger partial charge on any atom is 0.255 e. The maximum absolute atomic E-state index is 12.8. The van der Waals surface area contributed by atoms with Gasteiger partial charge in [-0.1, -0.05) is 12.1 Å². The maximum atomic E-state index is 12.8. The molecule has 100 valence electrons. The molecule has 5 nitrogen and oxygen atoms in total. The van der Waals surface area contributed by atoms with E-state index in [1.165, 1.54) is 12.1 Å². The van der Waals surface area contributed by atoms with E-state index in [9.17, 15) is 9.18 Å². The highest BCUT2D eigenvalue weighted by atomic mass is 32.1. The number of amides is 1. The number of nitrogens with zero attached hydrogens (tertiary/aromatic N) is 1. The molecule has 0 bridgehead atoms. The largest absolute Gasteiger partial charge is 0.382 e. The summed E-state index contributed by atoms with van der Waals surface area (Å²) < 4.78 is 16.7. The van der Waals surface area contributed by atoms with Gasteiger partial charge in [-0.25, -0.2) is 4.39 Å². The molecule has 7 heteroatoms. The molecule has 19 heavy (non-hydrogen) atoms. The van der Waals surface area contributed by atoms with E-state index in [1.807, 2.05) is 6.92 Å². The lowest BCUT2D eigenvalue weighted by Crippen LogP contribution is -2.15. The van der Waals surface area contributed by atoms with Crippen molar-refractivity contribution < 1.29 is 9.18 Å². The lowest BCUT2D eigenvalue weighted by Gasteiger charge is -2.14. The number of rotatable bonds is 4. The predicted molar refractivity (Wildman–Crippen MR) is 73.5 cm³/mol. The quantitative estimate of drug-likeness (QED) is 0.799. The first-order valence-corrected chi connectivity index (χ1v) is 6.33. The van der Waals surface area contributed by atoms with Crippen molar-refractivity contribution >= 4 is 28.3 Å². The van der Waals surface area contributed by atoms with Crippen molar-refractivity contribution in [3.8, 4) is 0 Å². The van der Waals surface area contributed by atoms with Crippen LogP contribution in [0, 0.1) is 5.82 Å². The summed E-state index contributed by atoms with van der Waals surface area (Å²) in [5, 5.41) is 3.62. The number of benzene rings is 1. The Balaban J connectivity index is 2.21. The fraction of sp³-hybridized carbons (Fsp3) is 0.167. The van der Waals surface area contributed by atoms with Crippen LogP contribution in [0.1, 0.15) is 28.9 Å². The van der Waals surface area contributed by atoms with Gasteiger partial charge in [0.05, 0.1) is 0 Å². The molecule has 1 aromatic carbocycles. The van der Waals surface area contributed by atoms with Crippen LogP contribution in [0.5, 0.6) is 0 Å². The molecule has 0 spiro atoms. The van der Waals surface area contributed by atoms with Crippen LogP contribution in [0.4, 0.5) is 15.2 Å². The zero-order valence-electron chi connectivity index (χ0n) is 10.2. The summed E-state index contributed by atoms with van der Waals surface area (Å²) in [5.41, 5.74) is 11.9. The van der Waals surface area contributed by atoms with Gasteiger partial charge in [0.1, 0.15) is 16.4 Å². The number of primary amides is 1. The van der Waals surface area contributed by atoms with E-state index >= 15 is 0 Å². The molecule has 1 atom stereocenters. The number of aromatic nitrogens is 1. The third-order valence-electron chi connectivity index (χ3n) is 2.68. The summed E-state index contributed by atoms with van der Waals surface area (Å²) in [7, 11) is 0. The molecule has 5 N–H and O–H groups in total. The minimum Gasteiger partial charge on any atom is -0.382 e. The second kappa shape index (κ2) is 5.23. The van der Waals surface area contributed by atoms with Gasteiger partial charge in [-0.15, -0.1) is 0 Å². The van der Waals surface area contributed by atoms with Gasteiger partial charge >= 0.3 is 0 Å². The minimum absolute atomic E-state index is 0.117. The highest BCUT2D eigenvalue weighted by Gasteiger charge is 2.18. The normalized spacial score (nSPS) is 12.1. The van der Waals surface area contributed by atoms with Gasteiger partial charge in [0.2, 0.25) is 0 Å². The van der Waals surface area contributed by atoms with Crippen molar-refractivity contribution in [1.29, 1.82) is 0 Å². The zero-order valence-corrected chi connectivity index (χ0v) is 11.0. The third-order valence-corrected chi connectivity index (χ3v) is 3.48. The van der Waals surface area contributed by atoms with E-state index in [-0.39, 0.29) is 23.2 Å². The van der Waals surface area contributed by atoms with Crippen molar-refractivity contribution in [3.05, 3.63) is 41.2 Å². The summed E-state index contributed by atoms with van der Waals surface area (Å²) in [4.78, 5) is 11.3. The van der Waals surface area contributed by atoms with Gasteiger partial charge in [-0.3, -0.25) is 4.79 Å². The monoisotopic (exact) mass is 280 g/mol. The van der Waals surface area contributed by atoms with Crippen LogP contribution < -0.4 is 16.8 Å². The van der Waals surface area contributed by atoms with Crippen molar-refractivity contribution in [1.82, 2.24) is 4.37 Å². The SMILES string of the molecule is CC(Nc1snc(N)c1C(N)=O)c1ccc(F)cc1. The standard InChI is InChI=1S/C12H13FN4OS/c1-6(7-2-4-8(13)5-3-7)16-12-9(11(15)18)10(14)17-19-12/h2-6,16H,1H3,(H2,14,17)(H2,15,18). The molecule has 0 saturated heterocycles. The molecule has 2 aromatic rings. The van der Waals surface area contributed by atoms with E-state index in [0.717, 1.165) is 17.1 Å². The van der Waals surface area contributed by atoms with Crippen LogP contribution in [0.3, 0.4) is 0 Å². The summed E-state index contributed by atoms with van der Waals surface area (Å²) in [5.74, 6) is -0.804. The molecule has 1 heterocycles. The smallest absolute Gasteiger partial charge is 0.255 e. The second-order valence-corrected chi connectivity index (χ2v) is 4.83. The number of hydrogen-bond donors (Lipinski definition) is 3. The third kappa shape index (κ3) is 2.82. The van der Waals surface area contributed by atoms with E-state index in [4.69, 9.17) is 11.5 Å². The topological polar surface area (TPSA) is 94.0 Å². The molecule has 0 saturated carbocycles. The Morgan fingerprint density at radius 2 is 2.05 bits per heavy atom. The second-order valence-electron chi connectivity index (χ2n) is 4.05. The Morgan fingerprint density at radius 1 is 1.42 bits per heavy atom. The number of halogens is 1. The van der Waals surface area contributed by atoms with Crippen molar-refractivity contribution in [2.75, 3.05) is 11.1 Å². The summed E-state index contributed by atoms with van der Waals surface area (Å²) in [6.07, 6.45) is 0. The fourth-order valence-corrected chi connectivity index (χ4v) is 2.48. The highest BCUT2D eigenvalue weighted by molar-refractivity contribution is 7.11. The predicted octanol–water partition coefficient (Wildman–Crippen LogP) is 2.14. The Hall–Kier alpha value is -2.15. The van der Waals surface area contributed by atoms with Crippen LogP contribution in [0.25, 0.3) is 0 Å². The molecule has 1 amide bonds. The van der Waals surface area contributed by atoms with E-state index in [1.54, 1.807) is 12.1 Å². The first kappa shape index (κ1) is 13.3. The van der Waals surface area contributed by atoms with Gasteiger partial charge in [0.15, 0.2) is 5.82 Å².